The number of aromatic nitrogens is 3. The molecule has 0 unspecified atom stereocenters. The Balaban J connectivity index is 1.31. The zero-order valence-electron chi connectivity index (χ0n) is 25.3. The number of hydrogen-bond donors (Lipinski definition) is 1. The van der Waals surface area contributed by atoms with Gasteiger partial charge in [0.15, 0.2) is 0 Å². The third-order valence-electron chi connectivity index (χ3n) is 8.73. The van der Waals surface area contributed by atoms with Crippen LogP contribution in [-0.2, 0) is 4.74 Å². The number of methoxy groups -OCH3 is 1. The first-order valence-corrected chi connectivity index (χ1v) is 15.6. The van der Waals surface area contributed by atoms with Crippen molar-refractivity contribution in [3.63, 3.8) is 0 Å². The average Bonchev–Trinajstić information content (AvgIpc) is 3.47. The number of imidazole rings is 1. The Hall–Kier alpha value is -5.01. The minimum atomic E-state index is -0.944. The number of hydrogen-bond acceptors (Lipinski definition) is 5. The van der Waals surface area contributed by atoms with Gasteiger partial charge in [0.2, 0.25) is 0 Å². The van der Waals surface area contributed by atoms with Crippen LogP contribution in [0.1, 0.15) is 48.5 Å². The molecule has 1 N–H and O–H groups in total. The van der Waals surface area contributed by atoms with E-state index in [9.17, 15) is 9.90 Å². The van der Waals surface area contributed by atoms with Crippen LogP contribution in [0.5, 0.6) is 5.75 Å². The molecule has 1 aliphatic carbocycles. The highest BCUT2D eigenvalue weighted by molar-refractivity contribution is 5.94. The molecule has 226 valence electrons. The molecule has 0 bridgehead atoms. The molecule has 0 spiro atoms. The molecular weight excluding hydrogens is 562 g/mol. The van der Waals surface area contributed by atoms with Crippen LogP contribution in [0, 0.1) is 0 Å². The summed E-state index contributed by atoms with van der Waals surface area (Å²) >= 11 is 0. The lowest BCUT2D eigenvalue weighted by Gasteiger charge is -2.25. The maximum Gasteiger partial charge on any atom is 0.335 e. The summed E-state index contributed by atoms with van der Waals surface area (Å²) in [6.07, 6.45) is 5.81. The van der Waals surface area contributed by atoms with Crippen molar-refractivity contribution in [2.45, 2.75) is 38.1 Å². The van der Waals surface area contributed by atoms with Crippen LogP contribution in [0.15, 0.2) is 97.1 Å². The molecule has 2 heterocycles. The quantitative estimate of drug-likeness (QED) is 0.168. The molecule has 7 heteroatoms. The molecule has 6 aromatic rings. The van der Waals surface area contributed by atoms with E-state index in [0.717, 1.165) is 68.8 Å². The van der Waals surface area contributed by atoms with Crippen molar-refractivity contribution in [2.24, 2.45) is 0 Å². The monoisotopic (exact) mass is 597 g/mol. The van der Waals surface area contributed by atoms with Crippen LogP contribution in [0.4, 0.5) is 0 Å². The number of fused-ring (bicyclic) bond motifs is 2. The Morgan fingerprint density at radius 3 is 2.44 bits per heavy atom. The molecule has 7 nitrogen and oxygen atoms in total. The number of rotatable bonds is 9. The zero-order chi connectivity index (χ0) is 30.8. The first kappa shape index (κ1) is 28.7. The highest BCUT2D eigenvalue weighted by Crippen LogP contribution is 2.38. The molecule has 2 aromatic heterocycles. The molecule has 1 aliphatic rings. The van der Waals surface area contributed by atoms with Crippen LogP contribution in [-0.4, -0.2) is 45.9 Å². The summed E-state index contributed by atoms with van der Waals surface area (Å²) in [6, 6.07) is 32.5. The fourth-order valence-electron chi connectivity index (χ4n) is 6.50. The number of carbonyl (C=O) groups is 1. The normalized spacial score (nSPS) is 13.8. The smallest absolute Gasteiger partial charge is 0.335 e. The van der Waals surface area contributed by atoms with Gasteiger partial charge in [0.1, 0.15) is 18.2 Å². The third kappa shape index (κ3) is 5.79. The van der Waals surface area contributed by atoms with Gasteiger partial charge in [0.05, 0.1) is 34.4 Å². The minimum absolute atomic E-state index is 0.251. The van der Waals surface area contributed by atoms with Gasteiger partial charge in [-0.15, -0.1) is 0 Å². The highest BCUT2D eigenvalue weighted by atomic mass is 16.5. The summed E-state index contributed by atoms with van der Waals surface area (Å²) in [5.41, 5.74) is 7.88. The van der Waals surface area contributed by atoms with Crippen molar-refractivity contribution in [1.82, 2.24) is 14.5 Å². The molecule has 1 fully saturated rings. The third-order valence-corrected chi connectivity index (χ3v) is 8.73. The number of carboxylic acid groups (broad SMARTS) is 1. The predicted molar refractivity (Wildman–Crippen MR) is 178 cm³/mol. The second-order valence-electron chi connectivity index (χ2n) is 11.6. The molecule has 45 heavy (non-hydrogen) atoms. The fourth-order valence-corrected chi connectivity index (χ4v) is 6.50. The van der Waals surface area contributed by atoms with E-state index in [1.807, 2.05) is 30.3 Å². The summed E-state index contributed by atoms with van der Waals surface area (Å²) in [4.78, 5) is 21.8. The molecule has 0 amide bonds. The van der Waals surface area contributed by atoms with Gasteiger partial charge in [-0.1, -0.05) is 61.7 Å². The topological polar surface area (TPSA) is 86.5 Å². The van der Waals surface area contributed by atoms with E-state index in [0.29, 0.717) is 24.8 Å². The molecule has 0 aliphatic heterocycles. The summed E-state index contributed by atoms with van der Waals surface area (Å²) < 4.78 is 13.5. The molecule has 0 radical (unpaired) electrons. The van der Waals surface area contributed by atoms with Crippen molar-refractivity contribution in [3.05, 3.63) is 103 Å². The molecular formula is C38H35N3O4. The van der Waals surface area contributed by atoms with Gasteiger partial charge >= 0.3 is 5.97 Å². The Bertz CT molecular complexity index is 1990. The standard InChI is InChI=1S/C38H35N3O4/c1-44-20-21-45-30-15-16-31(25-8-4-2-5-9-25)32(24-30)34-18-12-26-22-27(13-17-33(26)39-34)37-40-35-23-28(38(42)43)14-19-36(35)41(37)29-10-6-3-7-11-29/h2,4-5,8-9,12-19,22-24,29H,3,6-7,10-11,20-21H2,1H3,(H,42,43). The van der Waals surface area contributed by atoms with E-state index >= 15 is 0 Å². The summed E-state index contributed by atoms with van der Waals surface area (Å²) in [5, 5.41) is 10.6. The van der Waals surface area contributed by atoms with Crippen molar-refractivity contribution in [2.75, 3.05) is 20.3 Å². The van der Waals surface area contributed by atoms with Crippen molar-refractivity contribution >= 4 is 27.9 Å². The minimum Gasteiger partial charge on any atom is -0.491 e. The van der Waals surface area contributed by atoms with E-state index in [2.05, 4.69) is 59.2 Å². The van der Waals surface area contributed by atoms with Crippen LogP contribution in [0.3, 0.4) is 0 Å². The lowest BCUT2D eigenvalue weighted by atomic mass is 9.94. The van der Waals surface area contributed by atoms with Gasteiger partial charge < -0.3 is 19.1 Å². The largest absolute Gasteiger partial charge is 0.491 e. The van der Waals surface area contributed by atoms with Crippen LogP contribution >= 0.6 is 0 Å². The van der Waals surface area contributed by atoms with Gasteiger partial charge in [-0.2, -0.15) is 0 Å². The second-order valence-corrected chi connectivity index (χ2v) is 11.6. The SMILES string of the molecule is COCCOc1ccc(-c2ccccc2)c(-c2ccc3cc(-c4nc5cc(C(=O)O)ccc5n4C4CCCCC4)ccc3n2)c1. The Kier molecular flexibility index (Phi) is 8.01. The van der Waals surface area contributed by atoms with Crippen LogP contribution in [0.2, 0.25) is 0 Å². The number of nitrogens with zero attached hydrogens (tertiary/aromatic N) is 3. The molecule has 0 atom stereocenters. The Morgan fingerprint density at radius 2 is 1.64 bits per heavy atom. The predicted octanol–water partition coefficient (Wildman–Crippen LogP) is 8.81. The van der Waals surface area contributed by atoms with Crippen molar-refractivity contribution < 1.29 is 19.4 Å². The van der Waals surface area contributed by atoms with E-state index in [1.54, 1.807) is 19.2 Å². The summed E-state index contributed by atoms with van der Waals surface area (Å²) in [7, 11) is 1.67. The van der Waals surface area contributed by atoms with Gasteiger partial charge in [-0.3, -0.25) is 0 Å². The fraction of sp³-hybridized carbons (Fsp3) is 0.237. The number of carboxylic acids is 1. The van der Waals surface area contributed by atoms with E-state index in [-0.39, 0.29) is 5.56 Å². The summed E-state index contributed by atoms with van der Waals surface area (Å²) in [6.45, 7) is 0.986. The Morgan fingerprint density at radius 1 is 0.800 bits per heavy atom. The maximum atomic E-state index is 11.7. The summed E-state index contributed by atoms with van der Waals surface area (Å²) in [5.74, 6) is 0.699. The van der Waals surface area contributed by atoms with E-state index < -0.39 is 5.97 Å². The molecule has 1 saturated carbocycles. The lowest BCUT2D eigenvalue weighted by molar-refractivity contribution is 0.0697. The number of benzene rings is 4. The number of ether oxygens (including phenoxy) is 2. The maximum absolute atomic E-state index is 11.7. The van der Waals surface area contributed by atoms with Gasteiger partial charge in [0.25, 0.3) is 0 Å². The average molecular weight is 598 g/mol. The Labute approximate surface area is 262 Å². The van der Waals surface area contributed by atoms with Crippen LogP contribution < -0.4 is 4.74 Å². The zero-order valence-corrected chi connectivity index (χ0v) is 25.3. The van der Waals surface area contributed by atoms with Gasteiger partial charge in [0, 0.05) is 29.7 Å². The highest BCUT2D eigenvalue weighted by Gasteiger charge is 2.23. The van der Waals surface area contributed by atoms with E-state index in [4.69, 9.17) is 19.4 Å². The van der Waals surface area contributed by atoms with Gasteiger partial charge in [-0.25, -0.2) is 14.8 Å². The van der Waals surface area contributed by atoms with E-state index in [1.165, 1.54) is 19.3 Å². The first-order chi connectivity index (χ1) is 22.1. The number of pyridine rings is 1. The number of aromatic carboxylic acids is 1. The van der Waals surface area contributed by atoms with Crippen molar-refractivity contribution in [3.8, 4) is 39.5 Å². The van der Waals surface area contributed by atoms with Crippen LogP contribution in [0.25, 0.3) is 55.7 Å². The lowest BCUT2D eigenvalue weighted by Crippen LogP contribution is -2.14. The second kappa shape index (κ2) is 12.5. The molecule has 0 saturated heterocycles. The first-order valence-electron chi connectivity index (χ1n) is 15.6. The van der Waals surface area contributed by atoms with Crippen molar-refractivity contribution in [1.29, 1.82) is 0 Å². The van der Waals surface area contributed by atoms with Gasteiger partial charge in [-0.05, 0) is 78.6 Å². The molecule has 7 rings (SSSR count). The molecule has 4 aromatic carbocycles.